The molecule has 0 saturated heterocycles. The van der Waals surface area contributed by atoms with Crippen LogP contribution >= 0.6 is 11.3 Å². The average molecular weight is 328 g/mol. The minimum absolute atomic E-state index is 0.129. The van der Waals surface area contributed by atoms with Crippen LogP contribution in [0, 0.1) is 0 Å². The molecule has 0 fully saturated rings. The van der Waals surface area contributed by atoms with E-state index in [0.717, 1.165) is 0 Å². The summed E-state index contributed by atoms with van der Waals surface area (Å²) in [6, 6.07) is 7.11. The third kappa shape index (κ3) is 2.08. The van der Waals surface area contributed by atoms with E-state index in [4.69, 9.17) is 13.9 Å². The first-order valence-electron chi connectivity index (χ1n) is 6.83. The number of imidazole rings is 1. The summed E-state index contributed by atoms with van der Waals surface area (Å²) in [5, 5.41) is 0. The summed E-state index contributed by atoms with van der Waals surface area (Å²) in [6.45, 7) is 0. The predicted molar refractivity (Wildman–Crippen MR) is 87.4 cm³/mol. The molecule has 0 N–H and O–H groups in total. The van der Waals surface area contributed by atoms with Crippen LogP contribution in [0.3, 0.4) is 0 Å². The van der Waals surface area contributed by atoms with Crippen LogP contribution in [0.5, 0.6) is 11.5 Å². The maximum absolute atomic E-state index is 12.7. The van der Waals surface area contributed by atoms with Gasteiger partial charge in [0.05, 0.1) is 31.5 Å². The first-order chi connectivity index (χ1) is 11.2. The third-order valence-electron chi connectivity index (χ3n) is 3.56. The number of nitrogens with zero attached hydrogens (tertiary/aromatic N) is 2. The molecule has 3 heterocycles. The van der Waals surface area contributed by atoms with Gasteiger partial charge in [-0.1, -0.05) is 11.3 Å². The molecule has 1 aromatic carbocycles. The molecule has 0 aliphatic heterocycles. The number of thiazole rings is 1. The molecule has 0 atom stereocenters. The Bertz CT molecular complexity index is 1110. The van der Waals surface area contributed by atoms with Crippen molar-refractivity contribution in [1.82, 2.24) is 9.38 Å². The molecule has 0 unspecified atom stereocenters. The summed E-state index contributed by atoms with van der Waals surface area (Å²) in [7, 11) is 3.13. The van der Waals surface area contributed by atoms with Crippen molar-refractivity contribution in [2.75, 3.05) is 14.2 Å². The van der Waals surface area contributed by atoms with Crippen molar-refractivity contribution < 1.29 is 13.9 Å². The fraction of sp³-hybridized carbons (Fsp3) is 0.125. The first kappa shape index (κ1) is 13.8. The van der Waals surface area contributed by atoms with E-state index in [9.17, 15) is 4.79 Å². The van der Waals surface area contributed by atoms with Gasteiger partial charge in [0.25, 0.3) is 5.56 Å². The summed E-state index contributed by atoms with van der Waals surface area (Å²) in [6.07, 6.45) is 3.29. The number of hydrogen-bond acceptors (Lipinski definition) is 6. The van der Waals surface area contributed by atoms with Gasteiger partial charge in [-0.15, -0.1) is 0 Å². The summed E-state index contributed by atoms with van der Waals surface area (Å²) >= 11 is 1.32. The van der Waals surface area contributed by atoms with Gasteiger partial charge in [0, 0.05) is 18.2 Å². The van der Waals surface area contributed by atoms with E-state index in [0.29, 0.717) is 37.8 Å². The first-order valence-corrected chi connectivity index (χ1v) is 7.65. The zero-order valence-electron chi connectivity index (χ0n) is 12.4. The Kier molecular flexibility index (Phi) is 3.09. The van der Waals surface area contributed by atoms with Crippen molar-refractivity contribution >= 4 is 33.4 Å². The Morgan fingerprint density at radius 2 is 2.04 bits per heavy atom. The Labute approximate surface area is 134 Å². The van der Waals surface area contributed by atoms with E-state index in [2.05, 4.69) is 4.98 Å². The lowest BCUT2D eigenvalue weighted by atomic mass is 10.2. The van der Waals surface area contributed by atoms with Gasteiger partial charge in [0.15, 0.2) is 16.5 Å². The maximum Gasteiger partial charge on any atom is 0.275 e. The van der Waals surface area contributed by atoms with Crippen molar-refractivity contribution in [3.8, 4) is 11.5 Å². The molecule has 23 heavy (non-hydrogen) atoms. The van der Waals surface area contributed by atoms with Crippen molar-refractivity contribution in [2.24, 2.45) is 0 Å². The smallest absolute Gasteiger partial charge is 0.275 e. The second-order valence-electron chi connectivity index (χ2n) is 4.86. The zero-order valence-corrected chi connectivity index (χ0v) is 13.2. The molecule has 116 valence electrons. The van der Waals surface area contributed by atoms with Crippen LogP contribution < -0.4 is 19.6 Å². The van der Waals surface area contributed by atoms with E-state index < -0.39 is 0 Å². The Morgan fingerprint density at radius 1 is 1.26 bits per heavy atom. The van der Waals surface area contributed by atoms with Gasteiger partial charge in [0.1, 0.15) is 10.3 Å². The van der Waals surface area contributed by atoms with E-state index >= 15 is 0 Å². The van der Waals surface area contributed by atoms with E-state index in [1.54, 1.807) is 55.2 Å². The number of aromatic nitrogens is 2. The lowest BCUT2D eigenvalue weighted by molar-refractivity contribution is 0.355. The monoisotopic (exact) mass is 328 g/mol. The SMILES string of the molecule is COc1cc2nc3s/c(=C\c4ccco4)c(=O)n3c2cc1OC. The molecular weight excluding hydrogens is 316 g/mol. The van der Waals surface area contributed by atoms with Crippen LogP contribution in [0.1, 0.15) is 5.76 Å². The molecule has 0 aliphatic carbocycles. The number of benzene rings is 1. The lowest BCUT2D eigenvalue weighted by Crippen LogP contribution is -2.22. The van der Waals surface area contributed by atoms with Gasteiger partial charge in [-0.3, -0.25) is 4.79 Å². The molecule has 0 spiro atoms. The van der Waals surface area contributed by atoms with Crippen LogP contribution in [0.2, 0.25) is 0 Å². The van der Waals surface area contributed by atoms with Crippen LogP contribution in [-0.4, -0.2) is 23.6 Å². The highest BCUT2D eigenvalue weighted by Gasteiger charge is 2.15. The van der Waals surface area contributed by atoms with Crippen molar-refractivity contribution in [2.45, 2.75) is 0 Å². The molecule has 3 aromatic heterocycles. The minimum Gasteiger partial charge on any atom is -0.493 e. The zero-order chi connectivity index (χ0) is 16.0. The molecule has 4 aromatic rings. The Morgan fingerprint density at radius 3 is 2.74 bits per heavy atom. The molecule has 0 radical (unpaired) electrons. The largest absolute Gasteiger partial charge is 0.493 e. The van der Waals surface area contributed by atoms with Gasteiger partial charge >= 0.3 is 0 Å². The highest BCUT2D eigenvalue weighted by atomic mass is 32.1. The predicted octanol–water partition coefficient (Wildman–Crippen LogP) is 2.07. The summed E-state index contributed by atoms with van der Waals surface area (Å²) in [5.74, 6) is 1.78. The molecular formula is C16H12N2O4S. The minimum atomic E-state index is -0.129. The van der Waals surface area contributed by atoms with E-state index in [1.807, 2.05) is 0 Å². The topological polar surface area (TPSA) is 66.0 Å². The molecule has 0 amide bonds. The quantitative estimate of drug-likeness (QED) is 0.576. The van der Waals surface area contributed by atoms with Gasteiger partial charge < -0.3 is 13.9 Å². The number of fused-ring (bicyclic) bond motifs is 3. The number of rotatable bonds is 3. The van der Waals surface area contributed by atoms with Crippen LogP contribution in [0.25, 0.3) is 22.1 Å². The summed E-state index contributed by atoms with van der Waals surface area (Å²) in [5.41, 5.74) is 1.25. The van der Waals surface area contributed by atoms with Gasteiger partial charge in [-0.2, -0.15) is 0 Å². The number of hydrogen-bond donors (Lipinski definition) is 0. The molecule has 6 nitrogen and oxygen atoms in total. The number of furan rings is 1. The van der Waals surface area contributed by atoms with E-state index in [1.165, 1.54) is 11.3 Å². The highest BCUT2D eigenvalue weighted by molar-refractivity contribution is 7.15. The Hall–Kier alpha value is -2.80. The van der Waals surface area contributed by atoms with Gasteiger partial charge in [0.2, 0.25) is 0 Å². The van der Waals surface area contributed by atoms with Crippen LogP contribution in [0.15, 0.2) is 39.7 Å². The lowest BCUT2D eigenvalue weighted by Gasteiger charge is -2.06. The standard InChI is InChI=1S/C16H12N2O4S/c1-20-12-7-10-11(8-13(12)21-2)18-15(19)14(23-16(18)17-10)6-9-4-3-5-22-9/h3-8H,1-2H3/b14-6-. The third-order valence-corrected chi connectivity index (χ3v) is 4.53. The Balaban J connectivity index is 2.03. The molecule has 0 bridgehead atoms. The maximum atomic E-state index is 12.7. The molecule has 7 heteroatoms. The normalized spacial score (nSPS) is 12.3. The van der Waals surface area contributed by atoms with Crippen molar-refractivity contribution in [3.05, 3.63) is 51.2 Å². The fourth-order valence-corrected chi connectivity index (χ4v) is 3.46. The van der Waals surface area contributed by atoms with Crippen LogP contribution in [-0.2, 0) is 0 Å². The van der Waals surface area contributed by atoms with Crippen molar-refractivity contribution in [1.29, 1.82) is 0 Å². The van der Waals surface area contributed by atoms with E-state index in [-0.39, 0.29) is 5.56 Å². The molecule has 0 aliphatic rings. The number of ether oxygens (including phenoxy) is 2. The summed E-state index contributed by atoms with van der Waals surface area (Å²) < 4.78 is 18.0. The highest BCUT2D eigenvalue weighted by Crippen LogP contribution is 2.32. The summed E-state index contributed by atoms with van der Waals surface area (Å²) in [4.78, 5) is 17.8. The van der Waals surface area contributed by atoms with Crippen LogP contribution in [0.4, 0.5) is 0 Å². The van der Waals surface area contributed by atoms with Crippen molar-refractivity contribution in [3.63, 3.8) is 0 Å². The van der Waals surface area contributed by atoms with Gasteiger partial charge in [-0.05, 0) is 12.1 Å². The number of methoxy groups -OCH3 is 2. The molecule has 4 rings (SSSR count). The molecule has 0 saturated carbocycles. The van der Waals surface area contributed by atoms with Gasteiger partial charge in [-0.25, -0.2) is 9.38 Å². The second kappa shape index (κ2) is 5.13. The second-order valence-corrected chi connectivity index (χ2v) is 5.87. The fourth-order valence-electron chi connectivity index (χ4n) is 2.49. The average Bonchev–Trinajstić information content (AvgIpc) is 3.25.